The smallest absolute Gasteiger partial charge is 0.238 e. The van der Waals surface area contributed by atoms with Gasteiger partial charge in [0.25, 0.3) is 0 Å². The van der Waals surface area contributed by atoms with Crippen LogP contribution in [0.3, 0.4) is 0 Å². The molecule has 6 nitrogen and oxygen atoms in total. The van der Waals surface area contributed by atoms with Gasteiger partial charge in [-0.3, -0.25) is 4.99 Å². The first-order chi connectivity index (χ1) is 14.4. The van der Waals surface area contributed by atoms with E-state index in [1.165, 1.54) is 17.7 Å². The number of aliphatic imine (C=N–C) groups is 1. The highest BCUT2D eigenvalue weighted by Crippen LogP contribution is 2.41. The van der Waals surface area contributed by atoms with Crippen molar-refractivity contribution in [2.45, 2.75) is 30.6 Å². The molecule has 0 bridgehead atoms. The Hall–Kier alpha value is -3.03. The number of allylic oxidation sites excluding steroid dienone is 1. The van der Waals surface area contributed by atoms with Crippen LogP contribution in [0.2, 0.25) is 0 Å². The van der Waals surface area contributed by atoms with Crippen molar-refractivity contribution < 1.29 is 8.42 Å². The Morgan fingerprint density at radius 2 is 1.83 bits per heavy atom. The van der Waals surface area contributed by atoms with Gasteiger partial charge in [0.05, 0.1) is 28.5 Å². The van der Waals surface area contributed by atoms with Gasteiger partial charge in [0.15, 0.2) is 0 Å². The summed E-state index contributed by atoms with van der Waals surface area (Å²) >= 11 is 0. The first-order valence-corrected chi connectivity index (χ1v) is 11.5. The summed E-state index contributed by atoms with van der Waals surface area (Å²) in [7, 11) is -3.73. The Bertz CT molecular complexity index is 1300. The molecule has 5 rings (SSSR count). The summed E-state index contributed by atoms with van der Waals surface area (Å²) in [4.78, 5) is 4.39. The van der Waals surface area contributed by atoms with Crippen LogP contribution in [0.5, 0.6) is 0 Å². The molecule has 3 aromatic rings. The molecule has 1 aliphatic carbocycles. The maximum atomic E-state index is 11.6. The molecule has 0 spiro atoms. The Kier molecular flexibility index (Phi) is 4.45. The molecule has 1 saturated carbocycles. The fraction of sp³-hybridized carbons (Fsp3) is 0.217. The fourth-order valence-electron chi connectivity index (χ4n) is 3.78. The molecule has 30 heavy (non-hydrogen) atoms. The summed E-state index contributed by atoms with van der Waals surface area (Å²) < 4.78 is 25.1. The monoisotopic (exact) mass is 418 g/mol. The summed E-state index contributed by atoms with van der Waals surface area (Å²) in [5, 5.41) is 10.1. The molecule has 0 atom stereocenters. The van der Waals surface area contributed by atoms with Crippen LogP contribution in [0.1, 0.15) is 35.6 Å². The van der Waals surface area contributed by atoms with Crippen LogP contribution in [0.25, 0.3) is 22.5 Å². The molecule has 2 N–H and O–H groups in total. The van der Waals surface area contributed by atoms with Crippen LogP contribution in [0.4, 0.5) is 0 Å². The maximum Gasteiger partial charge on any atom is 0.238 e. The van der Waals surface area contributed by atoms with Gasteiger partial charge in [0, 0.05) is 17.7 Å². The first-order valence-electron chi connectivity index (χ1n) is 9.94. The number of rotatable bonds is 5. The summed E-state index contributed by atoms with van der Waals surface area (Å²) in [5.74, 6) is 0.503. The van der Waals surface area contributed by atoms with Crippen molar-refractivity contribution in [3.63, 3.8) is 0 Å². The lowest BCUT2D eigenvalue weighted by Gasteiger charge is -2.12. The first kappa shape index (κ1) is 19.0. The van der Waals surface area contributed by atoms with Gasteiger partial charge in [-0.25, -0.2) is 18.2 Å². The quantitative estimate of drug-likeness (QED) is 0.682. The zero-order valence-corrected chi connectivity index (χ0v) is 17.4. The van der Waals surface area contributed by atoms with Crippen LogP contribution in [0, 0.1) is 6.92 Å². The van der Waals surface area contributed by atoms with Crippen LogP contribution in [0.15, 0.2) is 64.5 Å². The highest BCUT2D eigenvalue weighted by Gasteiger charge is 2.28. The van der Waals surface area contributed by atoms with E-state index in [2.05, 4.69) is 36.2 Å². The lowest BCUT2D eigenvalue weighted by molar-refractivity contribution is 0.598. The van der Waals surface area contributed by atoms with E-state index >= 15 is 0 Å². The minimum Gasteiger partial charge on any atom is -0.288 e. The molecule has 152 valence electrons. The third-order valence-corrected chi connectivity index (χ3v) is 6.59. The van der Waals surface area contributed by atoms with Crippen molar-refractivity contribution in [3.8, 4) is 16.9 Å². The second-order valence-electron chi connectivity index (χ2n) is 7.89. The van der Waals surface area contributed by atoms with E-state index in [1.54, 1.807) is 12.1 Å². The number of benzene rings is 2. The highest BCUT2D eigenvalue weighted by atomic mass is 32.2. The zero-order valence-electron chi connectivity index (χ0n) is 16.6. The Balaban J connectivity index is 1.63. The number of aromatic nitrogens is 2. The summed E-state index contributed by atoms with van der Waals surface area (Å²) in [6.07, 6.45) is 6.21. The number of aryl methyl sites for hydroxylation is 1. The second kappa shape index (κ2) is 7.04. The molecule has 2 aromatic carbocycles. The third-order valence-electron chi connectivity index (χ3n) is 5.66. The average Bonchev–Trinajstić information content (AvgIpc) is 3.25. The molecule has 0 unspecified atom stereocenters. The Labute approximate surface area is 175 Å². The van der Waals surface area contributed by atoms with Gasteiger partial charge < -0.3 is 0 Å². The van der Waals surface area contributed by atoms with E-state index in [9.17, 15) is 8.42 Å². The van der Waals surface area contributed by atoms with Crippen molar-refractivity contribution in [2.24, 2.45) is 10.1 Å². The number of primary sulfonamides is 1. The minimum atomic E-state index is -3.73. The SMILES string of the molecule is Cc1ccc(C2=CC=NC2)cc1-c1cc(C2CC2)nn1-c1ccc(S(N)(=O)=O)cc1. The average molecular weight is 419 g/mol. The minimum absolute atomic E-state index is 0.0914. The number of nitrogens with two attached hydrogens (primary N) is 1. The second-order valence-corrected chi connectivity index (χ2v) is 9.45. The summed E-state index contributed by atoms with van der Waals surface area (Å²) in [5.41, 5.74) is 7.49. The van der Waals surface area contributed by atoms with Gasteiger partial charge in [-0.05, 0) is 78.9 Å². The number of nitrogens with zero attached hydrogens (tertiary/aromatic N) is 3. The van der Waals surface area contributed by atoms with Gasteiger partial charge in [0.2, 0.25) is 10.0 Å². The van der Waals surface area contributed by atoms with Crippen molar-refractivity contribution in [1.82, 2.24) is 9.78 Å². The molecule has 2 aliphatic rings. The maximum absolute atomic E-state index is 11.6. The molecule has 1 aromatic heterocycles. The number of sulfonamides is 1. The van der Waals surface area contributed by atoms with E-state index < -0.39 is 10.0 Å². The Morgan fingerprint density at radius 3 is 2.47 bits per heavy atom. The molecule has 0 saturated heterocycles. The van der Waals surface area contributed by atoms with Gasteiger partial charge in [0.1, 0.15) is 0 Å². The van der Waals surface area contributed by atoms with Crippen molar-refractivity contribution >= 4 is 21.8 Å². The fourth-order valence-corrected chi connectivity index (χ4v) is 4.29. The van der Waals surface area contributed by atoms with Gasteiger partial charge >= 0.3 is 0 Å². The molecule has 0 radical (unpaired) electrons. The van der Waals surface area contributed by atoms with Crippen LogP contribution in [-0.4, -0.2) is 31.0 Å². The largest absolute Gasteiger partial charge is 0.288 e. The van der Waals surface area contributed by atoms with Gasteiger partial charge in [-0.1, -0.05) is 12.1 Å². The third kappa shape index (κ3) is 3.51. The van der Waals surface area contributed by atoms with Crippen LogP contribution < -0.4 is 5.14 Å². The van der Waals surface area contributed by atoms with E-state index in [-0.39, 0.29) is 4.90 Å². The molecule has 2 heterocycles. The molecular weight excluding hydrogens is 396 g/mol. The molecule has 0 amide bonds. The van der Waals surface area contributed by atoms with E-state index in [1.807, 2.05) is 17.0 Å². The predicted octanol–water partition coefficient (Wildman–Crippen LogP) is 3.84. The van der Waals surface area contributed by atoms with E-state index in [0.29, 0.717) is 12.5 Å². The van der Waals surface area contributed by atoms with Crippen molar-refractivity contribution in [1.29, 1.82) is 0 Å². The lowest BCUT2D eigenvalue weighted by atomic mass is 9.97. The summed E-state index contributed by atoms with van der Waals surface area (Å²) in [6.45, 7) is 2.79. The molecule has 1 fully saturated rings. The van der Waals surface area contributed by atoms with Crippen molar-refractivity contribution in [3.05, 3.63) is 71.4 Å². The zero-order chi connectivity index (χ0) is 20.9. The molecule has 1 aliphatic heterocycles. The van der Waals surface area contributed by atoms with Gasteiger partial charge in [-0.2, -0.15) is 5.10 Å². The van der Waals surface area contributed by atoms with Gasteiger partial charge in [-0.15, -0.1) is 0 Å². The molecule has 7 heteroatoms. The summed E-state index contributed by atoms with van der Waals surface area (Å²) in [6, 6.07) is 15.2. The number of hydrogen-bond donors (Lipinski definition) is 1. The van der Waals surface area contributed by atoms with Crippen molar-refractivity contribution in [2.75, 3.05) is 6.54 Å². The molecular formula is C23H22N4O2S. The predicted molar refractivity (Wildman–Crippen MR) is 118 cm³/mol. The standard InChI is InChI=1S/C23H22N4O2S/c1-15-2-3-17(18-10-11-25-14-18)12-21(15)23-13-22(16-4-5-16)26-27(23)19-6-8-20(9-7-19)30(24,28)29/h2-3,6-13,16H,4-5,14H2,1H3,(H2,24,28,29). The topological polar surface area (TPSA) is 90.3 Å². The number of hydrogen-bond acceptors (Lipinski definition) is 4. The highest BCUT2D eigenvalue weighted by molar-refractivity contribution is 7.89. The lowest BCUT2D eigenvalue weighted by Crippen LogP contribution is -2.12. The van der Waals surface area contributed by atoms with E-state index in [4.69, 9.17) is 10.2 Å². The normalized spacial score (nSPS) is 16.1. The van der Waals surface area contributed by atoms with Crippen LogP contribution >= 0.6 is 0 Å². The Morgan fingerprint density at radius 1 is 1.07 bits per heavy atom. The van der Waals surface area contributed by atoms with Crippen LogP contribution in [-0.2, 0) is 10.0 Å². The van der Waals surface area contributed by atoms with E-state index in [0.717, 1.165) is 46.6 Å².